The molecule has 0 atom stereocenters. The molecule has 0 saturated carbocycles. The van der Waals surface area contributed by atoms with E-state index in [0.717, 1.165) is 37.3 Å². The fourth-order valence-corrected chi connectivity index (χ4v) is 2.83. The van der Waals surface area contributed by atoms with E-state index in [1.807, 2.05) is 6.07 Å². The Labute approximate surface area is 131 Å². The molecule has 0 amide bonds. The minimum absolute atomic E-state index is 0.742. The third-order valence-electron chi connectivity index (χ3n) is 4.23. The molecule has 2 aromatic carbocycles. The standard InChI is InChI=1S/C19H23N3/c1-14-12-17-18(13-15(14)2)22(11-7-6-10-20)19(21-17)16-8-4-3-5-9-16/h3-5,8-9,12-13H,6-7,10-11,20H2,1-2H3. The van der Waals surface area contributed by atoms with Gasteiger partial charge in [0.15, 0.2) is 0 Å². The highest BCUT2D eigenvalue weighted by Crippen LogP contribution is 2.27. The summed E-state index contributed by atoms with van der Waals surface area (Å²) in [6, 6.07) is 14.9. The molecule has 3 rings (SSSR count). The normalized spacial score (nSPS) is 11.2. The first kappa shape index (κ1) is 14.8. The highest BCUT2D eigenvalue weighted by atomic mass is 15.1. The minimum atomic E-state index is 0.742. The Bertz CT molecular complexity index is 772. The number of rotatable bonds is 5. The number of hydrogen-bond acceptors (Lipinski definition) is 2. The summed E-state index contributed by atoms with van der Waals surface area (Å²) in [5, 5.41) is 0. The van der Waals surface area contributed by atoms with Crippen LogP contribution in [0.1, 0.15) is 24.0 Å². The van der Waals surface area contributed by atoms with Crippen LogP contribution in [0, 0.1) is 13.8 Å². The first-order valence-electron chi connectivity index (χ1n) is 7.93. The fraction of sp³-hybridized carbons (Fsp3) is 0.316. The minimum Gasteiger partial charge on any atom is -0.330 e. The maximum absolute atomic E-state index is 5.65. The maximum atomic E-state index is 5.65. The van der Waals surface area contributed by atoms with Crippen LogP contribution in [0.5, 0.6) is 0 Å². The van der Waals surface area contributed by atoms with Gasteiger partial charge >= 0.3 is 0 Å². The van der Waals surface area contributed by atoms with Gasteiger partial charge in [-0.15, -0.1) is 0 Å². The van der Waals surface area contributed by atoms with Crippen LogP contribution in [-0.2, 0) is 6.54 Å². The lowest BCUT2D eigenvalue weighted by Gasteiger charge is -2.09. The lowest BCUT2D eigenvalue weighted by molar-refractivity contribution is 0.631. The second kappa shape index (κ2) is 6.32. The zero-order chi connectivity index (χ0) is 15.5. The molecule has 3 nitrogen and oxygen atoms in total. The van der Waals surface area contributed by atoms with E-state index in [4.69, 9.17) is 10.7 Å². The zero-order valence-electron chi connectivity index (χ0n) is 13.3. The van der Waals surface area contributed by atoms with Gasteiger partial charge < -0.3 is 10.3 Å². The first-order chi connectivity index (χ1) is 10.7. The van der Waals surface area contributed by atoms with Crippen LogP contribution in [0.15, 0.2) is 42.5 Å². The van der Waals surface area contributed by atoms with Crippen LogP contribution in [0.2, 0.25) is 0 Å². The summed E-state index contributed by atoms with van der Waals surface area (Å²) in [6.45, 7) is 6.00. The van der Waals surface area contributed by atoms with Gasteiger partial charge in [0, 0.05) is 12.1 Å². The Kier molecular flexibility index (Phi) is 4.25. The number of aromatic nitrogens is 2. The van der Waals surface area contributed by atoms with Gasteiger partial charge in [0.1, 0.15) is 5.82 Å². The Hall–Kier alpha value is -2.13. The molecule has 2 N–H and O–H groups in total. The average Bonchev–Trinajstić information content (AvgIpc) is 2.87. The first-order valence-corrected chi connectivity index (χ1v) is 7.93. The van der Waals surface area contributed by atoms with Crippen molar-refractivity contribution in [3.8, 4) is 11.4 Å². The van der Waals surface area contributed by atoms with Crippen LogP contribution in [0.3, 0.4) is 0 Å². The smallest absolute Gasteiger partial charge is 0.141 e. The van der Waals surface area contributed by atoms with Gasteiger partial charge in [-0.25, -0.2) is 4.98 Å². The molecule has 0 bridgehead atoms. The lowest BCUT2D eigenvalue weighted by atomic mass is 10.1. The van der Waals surface area contributed by atoms with Crippen molar-refractivity contribution < 1.29 is 0 Å². The molecule has 0 saturated heterocycles. The van der Waals surface area contributed by atoms with E-state index < -0.39 is 0 Å². The van der Waals surface area contributed by atoms with Crippen molar-refractivity contribution in [1.29, 1.82) is 0 Å². The molecule has 0 aliphatic carbocycles. The summed E-state index contributed by atoms with van der Waals surface area (Å²) >= 11 is 0. The molecular weight excluding hydrogens is 270 g/mol. The van der Waals surface area contributed by atoms with Gasteiger partial charge in [-0.05, 0) is 56.5 Å². The van der Waals surface area contributed by atoms with Gasteiger partial charge in [-0.1, -0.05) is 30.3 Å². The van der Waals surface area contributed by atoms with Crippen molar-refractivity contribution in [2.24, 2.45) is 5.73 Å². The number of nitrogens with two attached hydrogens (primary N) is 1. The third kappa shape index (κ3) is 2.77. The van der Waals surface area contributed by atoms with E-state index >= 15 is 0 Å². The van der Waals surface area contributed by atoms with Crippen LogP contribution in [-0.4, -0.2) is 16.1 Å². The van der Waals surface area contributed by atoms with Gasteiger partial charge in [0.05, 0.1) is 11.0 Å². The molecule has 22 heavy (non-hydrogen) atoms. The van der Waals surface area contributed by atoms with Crippen LogP contribution >= 0.6 is 0 Å². The van der Waals surface area contributed by atoms with E-state index in [1.54, 1.807) is 0 Å². The van der Waals surface area contributed by atoms with Crippen LogP contribution in [0.4, 0.5) is 0 Å². The topological polar surface area (TPSA) is 43.8 Å². The molecule has 114 valence electrons. The second-order valence-electron chi connectivity index (χ2n) is 5.87. The molecule has 3 heteroatoms. The number of imidazole rings is 1. The summed E-state index contributed by atoms with van der Waals surface area (Å²) in [4.78, 5) is 4.90. The Morgan fingerprint density at radius 3 is 2.45 bits per heavy atom. The molecule has 0 spiro atoms. The Balaban J connectivity index is 2.15. The summed E-state index contributed by atoms with van der Waals surface area (Å²) in [5.74, 6) is 1.05. The van der Waals surface area contributed by atoms with Gasteiger partial charge in [-0.3, -0.25) is 0 Å². The van der Waals surface area contributed by atoms with E-state index in [2.05, 4.69) is 54.8 Å². The van der Waals surface area contributed by atoms with Crippen LogP contribution in [0.25, 0.3) is 22.4 Å². The number of fused-ring (bicyclic) bond motifs is 1. The third-order valence-corrected chi connectivity index (χ3v) is 4.23. The SMILES string of the molecule is Cc1cc2nc(-c3ccccc3)n(CCCCN)c2cc1C. The number of unbranched alkanes of at least 4 members (excludes halogenated alkanes) is 1. The van der Waals surface area contributed by atoms with Crippen molar-refractivity contribution in [3.05, 3.63) is 53.6 Å². The molecule has 0 radical (unpaired) electrons. The summed E-state index contributed by atoms with van der Waals surface area (Å²) < 4.78 is 2.34. The Morgan fingerprint density at radius 1 is 1.00 bits per heavy atom. The van der Waals surface area contributed by atoms with Crippen molar-refractivity contribution >= 4 is 11.0 Å². The van der Waals surface area contributed by atoms with Crippen molar-refractivity contribution in [2.75, 3.05) is 6.54 Å². The van der Waals surface area contributed by atoms with Crippen molar-refractivity contribution in [1.82, 2.24) is 9.55 Å². The summed E-state index contributed by atoms with van der Waals surface area (Å²) in [6.07, 6.45) is 2.12. The van der Waals surface area contributed by atoms with Gasteiger partial charge in [0.2, 0.25) is 0 Å². The molecule has 3 aromatic rings. The zero-order valence-corrected chi connectivity index (χ0v) is 13.3. The molecule has 0 aliphatic rings. The number of aryl methyl sites for hydroxylation is 3. The molecule has 1 aromatic heterocycles. The Morgan fingerprint density at radius 2 is 1.73 bits per heavy atom. The lowest BCUT2D eigenvalue weighted by Crippen LogP contribution is -2.04. The van der Waals surface area contributed by atoms with Crippen molar-refractivity contribution in [3.63, 3.8) is 0 Å². The second-order valence-corrected chi connectivity index (χ2v) is 5.87. The fourth-order valence-electron chi connectivity index (χ4n) is 2.83. The number of nitrogens with zero attached hydrogens (tertiary/aromatic N) is 2. The van der Waals surface area contributed by atoms with Gasteiger partial charge in [-0.2, -0.15) is 0 Å². The summed E-state index contributed by atoms with van der Waals surface area (Å²) in [7, 11) is 0. The monoisotopic (exact) mass is 293 g/mol. The molecule has 0 fully saturated rings. The van der Waals surface area contributed by atoms with E-state index in [9.17, 15) is 0 Å². The molecule has 0 unspecified atom stereocenters. The highest BCUT2D eigenvalue weighted by Gasteiger charge is 2.13. The quantitative estimate of drug-likeness (QED) is 0.721. The number of benzene rings is 2. The molecular formula is C19H23N3. The predicted molar refractivity (Wildman–Crippen MR) is 92.9 cm³/mol. The summed E-state index contributed by atoms with van der Waals surface area (Å²) in [5.41, 5.74) is 11.7. The van der Waals surface area contributed by atoms with Crippen molar-refractivity contribution in [2.45, 2.75) is 33.2 Å². The van der Waals surface area contributed by atoms with E-state index in [1.165, 1.54) is 22.2 Å². The van der Waals surface area contributed by atoms with Gasteiger partial charge in [0.25, 0.3) is 0 Å². The van der Waals surface area contributed by atoms with Crippen LogP contribution < -0.4 is 5.73 Å². The predicted octanol–water partition coefficient (Wildman–Crippen LogP) is 4.06. The maximum Gasteiger partial charge on any atom is 0.141 e. The molecule has 0 aliphatic heterocycles. The average molecular weight is 293 g/mol. The number of hydrogen-bond donors (Lipinski definition) is 1. The molecule has 1 heterocycles. The largest absolute Gasteiger partial charge is 0.330 e. The highest BCUT2D eigenvalue weighted by molar-refractivity contribution is 5.82. The van der Waals surface area contributed by atoms with E-state index in [0.29, 0.717) is 0 Å². The van der Waals surface area contributed by atoms with E-state index in [-0.39, 0.29) is 0 Å².